The third-order valence-electron chi connectivity index (χ3n) is 1.07. The molecule has 0 amide bonds. The zero-order chi connectivity index (χ0) is 5.11. The summed E-state index contributed by atoms with van der Waals surface area (Å²) in [4.78, 5) is 0. The first-order valence-corrected chi connectivity index (χ1v) is 2.58. The lowest BCUT2D eigenvalue weighted by atomic mass is 10.2. The van der Waals surface area contributed by atoms with Gasteiger partial charge in [0.1, 0.15) is 5.70 Å². The molecule has 0 aromatic carbocycles. The molecule has 7 heavy (non-hydrogen) atoms. The van der Waals surface area contributed by atoms with Gasteiger partial charge in [-0.2, -0.15) is 0 Å². The second-order valence-corrected chi connectivity index (χ2v) is 1.76. The molecule has 0 unspecified atom stereocenters. The molecule has 38 valence electrons. The first kappa shape index (κ1) is 4.60. The Morgan fingerprint density at radius 2 is 2.29 bits per heavy atom. The summed E-state index contributed by atoms with van der Waals surface area (Å²) in [6, 6.07) is 0. The summed E-state index contributed by atoms with van der Waals surface area (Å²) in [6.07, 6.45) is 8.74. The molecule has 3 N–H and O–H groups in total. The number of hydrogen-bond acceptors (Lipinski definition) is 0. The maximum atomic E-state index is 3.77. The molecule has 0 bridgehead atoms. The third-order valence-corrected chi connectivity index (χ3v) is 1.07. The molecule has 1 rings (SSSR count). The Bertz CT molecular complexity index is 111. The minimum Gasteiger partial charge on any atom is -0.326 e. The quantitative estimate of drug-likeness (QED) is 0.454. The van der Waals surface area contributed by atoms with E-state index in [1.807, 2.05) is 0 Å². The lowest BCUT2D eigenvalue weighted by molar-refractivity contribution is -0.295. The van der Waals surface area contributed by atoms with Crippen LogP contribution in [0.15, 0.2) is 23.9 Å². The summed E-state index contributed by atoms with van der Waals surface area (Å²) in [7, 11) is 0. The van der Waals surface area contributed by atoms with Crippen LogP contribution >= 0.6 is 0 Å². The van der Waals surface area contributed by atoms with Crippen LogP contribution in [0.1, 0.15) is 12.8 Å². The molecule has 1 aliphatic rings. The average molecular weight is 96.2 g/mol. The summed E-state index contributed by atoms with van der Waals surface area (Å²) in [6.45, 7) is 0. The van der Waals surface area contributed by atoms with E-state index >= 15 is 0 Å². The molecule has 1 heteroatoms. The van der Waals surface area contributed by atoms with Gasteiger partial charge in [0.2, 0.25) is 0 Å². The molecular formula is C6H10N+. The summed E-state index contributed by atoms with van der Waals surface area (Å²) >= 11 is 0. The van der Waals surface area contributed by atoms with Crippen LogP contribution in [0.2, 0.25) is 0 Å². The first-order valence-electron chi connectivity index (χ1n) is 2.58. The molecule has 0 aliphatic heterocycles. The van der Waals surface area contributed by atoms with E-state index in [4.69, 9.17) is 0 Å². The summed E-state index contributed by atoms with van der Waals surface area (Å²) in [5.74, 6) is 0. The van der Waals surface area contributed by atoms with Crippen molar-refractivity contribution in [2.45, 2.75) is 12.8 Å². The van der Waals surface area contributed by atoms with Gasteiger partial charge in [0, 0.05) is 0 Å². The fourth-order valence-electron chi connectivity index (χ4n) is 0.668. The molecule has 0 atom stereocenters. The lowest BCUT2D eigenvalue weighted by Crippen LogP contribution is -2.46. The fraction of sp³-hybridized carbons (Fsp3) is 0.333. The van der Waals surface area contributed by atoms with Gasteiger partial charge >= 0.3 is 0 Å². The van der Waals surface area contributed by atoms with Gasteiger partial charge in [-0.1, -0.05) is 6.08 Å². The van der Waals surface area contributed by atoms with E-state index in [0.717, 1.165) is 5.70 Å². The Morgan fingerprint density at radius 1 is 1.43 bits per heavy atom. The molecule has 0 aromatic rings. The van der Waals surface area contributed by atoms with Crippen molar-refractivity contribution >= 4 is 0 Å². The van der Waals surface area contributed by atoms with Gasteiger partial charge in [-0.05, 0) is 25.0 Å². The van der Waals surface area contributed by atoms with Crippen molar-refractivity contribution in [3.8, 4) is 0 Å². The molecule has 0 saturated carbocycles. The molecule has 0 fully saturated rings. The van der Waals surface area contributed by atoms with Crippen LogP contribution in [-0.4, -0.2) is 0 Å². The predicted molar refractivity (Wildman–Crippen MR) is 29.3 cm³/mol. The summed E-state index contributed by atoms with van der Waals surface area (Å²) in [5, 5.41) is 0. The lowest BCUT2D eigenvalue weighted by Gasteiger charge is -1.93. The average Bonchev–Trinajstić information content (AvgIpc) is 1.69. The van der Waals surface area contributed by atoms with E-state index in [-0.39, 0.29) is 0 Å². The van der Waals surface area contributed by atoms with E-state index in [1.165, 1.54) is 12.8 Å². The second-order valence-electron chi connectivity index (χ2n) is 1.76. The van der Waals surface area contributed by atoms with Gasteiger partial charge in [0.05, 0.1) is 0 Å². The van der Waals surface area contributed by atoms with Gasteiger partial charge in [-0.15, -0.1) is 0 Å². The van der Waals surface area contributed by atoms with Crippen molar-refractivity contribution < 1.29 is 5.73 Å². The maximum absolute atomic E-state index is 3.77. The van der Waals surface area contributed by atoms with Crippen molar-refractivity contribution in [2.24, 2.45) is 0 Å². The highest BCUT2D eigenvalue weighted by atomic mass is 14.6. The largest absolute Gasteiger partial charge is 0.326 e. The number of rotatable bonds is 0. The van der Waals surface area contributed by atoms with Crippen LogP contribution in [0.3, 0.4) is 0 Å². The molecule has 0 spiro atoms. The van der Waals surface area contributed by atoms with Crippen LogP contribution in [0.4, 0.5) is 0 Å². The Morgan fingerprint density at radius 3 is 2.57 bits per heavy atom. The highest BCUT2D eigenvalue weighted by Crippen LogP contribution is 2.01. The molecular weight excluding hydrogens is 86.1 g/mol. The highest BCUT2D eigenvalue weighted by molar-refractivity contribution is 5.12. The van der Waals surface area contributed by atoms with Gasteiger partial charge < -0.3 is 5.73 Å². The first-order chi connectivity index (χ1) is 3.39. The zero-order valence-electron chi connectivity index (χ0n) is 4.35. The van der Waals surface area contributed by atoms with Crippen molar-refractivity contribution in [2.75, 3.05) is 0 Å². The summed E-state index contributed by atoms with van der Waals surface area (Å²) < 4.78 is 0. The molecule has 0 heterocycles. The number of allylic oxidation sites excluding steroid dienone is 3. The van der Waals surface area contributed by atoms with Gasteiger partial charge in [-0.3, -0.25) is 0 Å². The molecule has 1 aliphatic carbocycles. The van der Waals surface area contributed by atoms with Crippen molar-refractivity contribution in [3.05, 3.63) is 23.9 Å². The van der Waals surface area contributed by atoms with Crippen LogP contribution in [-0.2, 0) is 0 Å². The molecule has 0 radical (unpaired) electrons. The summed E-state index contributed by atoms with van der Waals surface area (Å²) in [5.41, 5.74) is 4.93. The Labute approximate surface area is 43.5 Å². The molecule has 1 nitrogen and oxygen atoms in total. The van der Waals surface area contributed by atoms with E-state index in [2.05, 4.69) is 24.0 Å². The van der Waals surface area contributed by atoms with E-state index < -0.39 is 0 Å². The van der Waals surface area contributed by atoms with Crippen LogP contribution in [0.25, 0.3) is 0 Å². The minimum atomic E-state index is 1.16. The number of quaternary nitrogens is 1. The van der Waals surface area contributed by atoms with Crippen molar-refractivity contribution in [1.82, 2.24) is 0 Å². The van der Waals surface area contributed by atoms with Crippen LogP contribution in [0, 0.1) is 0 Å². The fourth-order valence-corrected chi connectivity index (χ4v) is 0.668. The van der Waals surface area contributed by atoms with E-state index in [1.54, 1.807) is 0 Å². The van der Waals surface area contributed by atoms with Crippen LogP contribution in [0.5, 0.6) is 0 Å². The standard InChI is InChI=1S/C6H9N/c7-6-4-2-1-3-5-6/h2,4-5H,1,3,7H2/p+1. The van der Waals surface area contributed by atoms with Crippen LogP contribution < -0.4 is 5.73 Å². The van der Waals surface area contributed by atoms with E-state index in [0.29, 0.717) is 0 Å². The zero-order valence-corrected chi connectivity index (χ0v) is 4.35. The molecule has 0 saturated heterocycles. The minimum absolute atomic E-state index is 1.16. The normalized spacial score (nSPS) is 19.3. The second kappa shape index (κ2) is 1.94. The topological polar surface area (TPSA) is 27.6 Å². The smallest absolute Gasteiger partial charge is 0.123 e. The monoisotopic (exact) mass is 96.1 g/mol. The predicted octanol–water partition coefficient (Wildman–Crippen LogP) is 0.462. The van der Waals surface area contributed by atoms with E-state index in [9.17, 15) is 0 Å². The Hall–Kier alpha value is -0.560. The Kier molecular flexibility index (Phi) is 1.27. The molecule has 0 aromatic heterocycles. The van der Waals surface area contributed by atoms with Crippen molar-refractivity contribution in [3.63, 3.8) is 0 Å². The Balaban J connectivity index is 2.58. The SMILES string of the molecule is [NH3+]C1=CCCC=C1. The number of hydrogen-bond donors (Lipinski definition) is 1. The van der Waals surface area contributed by atoms with Gasteiger partial charge in [0.25, 0.3) is 0 Å². The highest BCUT2D eigenvalue weighted by Gasteiger charge is 1.90. The van der Waals surface area contributed by atoms with Gasteiger partial charge in [0.15, 0.2) is 0 Å². The van der Waals surface area contributed by atoms with Crippen molar-refractivity contribution in [1.29, 1.82) is 0 Å². The van der Waals surface area contributed by atoms with Gasteiger partial charge in [-0.25, -0.2) is 0 Å². The third kappa shape index (κ3) is 1.16. The maximum Gasteiger partial charge on any atom is 0.123 e.